The third-order valence-electron chi connectivity index (χ3n) is 0.990. The van der Waals surface area contributed by atoms with E-state index in [2.05, 4.69) is 13.0 Å². The molecule has 7 heavy (non-hydrogen) atoms. The van der Waals surface area contributed by atoms with Gasteiger partial charge in [-0.2, -0.15) is 0 Å². The molecule has 0 heterocycles. The summed E-state index contributed by atoms with van der Waals surface area (Å²) in [6.45, 7) is 4.07. The summed E-state index contributed by atoms with van der Waals surface area (Å²) >= 11 is 0.799. The van der Waals surface area contributed by atoms with Gasteiger partial charge in [-0.1, -0.05) is 0 Å². The van der Waals surface area contributed by atoms with E-state index in [0.29, 0.717) is 0 Å². The Kier molecular flexibility index (Phi) is 2.76. The van der Waals surface area contributed by atoms with E-state index in [9.17, 15) is 0 Å². The van der Waals surface area contributed by atoms with Crippen LogP contribution in [0.15, 0.2) is 0 Å². The number of nitriles is 1. The van der Waals surface area contributed by atoms with E-state index >= 15 is 0 Å². The van der Waals surface area contributed by atoms with Crippen molar-refractivity contribution in [3.8, 4) is 6.07 Å². The van der Waals surface area contributed by atoms with Crippen LogP contribution in [0.2, 0.25) is 3.12 Å². The van der Waals surface area contributed by atoms with Gasteiger partial charge in [-0.3, -0.25) is 0 Å². The van der Waals surface area contributed by atoms with E-state index in [0.717, 1.165) is 31.1 Å². The second kappa shape index (κ2) is 2.62. The van der Waals surface area contributed by atoms with Crippen LogP contribution < -0.4 is 0 Å². The molecule has 0 aromatic rings. The molecule has 2 heteroatoms. The topological polar surface area (TPSA) is 23.8 Å². The molecule has 0 aromatic carbocycles. The van der Waals surface area contributed by atoms with Gasteiger partial charge in [-0.05, 0) is 0 Å². The number of rotatable bonds is 1. The van der Waals surface area contributed by atoms with Crippen molar-refractivity contribution in [2.24, 2.45) is 0 Å². The second-order valence-corrected chi connectivity index (χ2v) is 6.84. The van der Waals surface area contributed by atoms with Gasteiger partial charge < -0.3 is 0 Å². The first-order valence-corrected chi connectivity index (χ1v) is 4.57. The Morgan fingerprint density at radius 2 is 2.29 bits per heavy atom. The standard InChI is InChI=1S/C5H8N.Bi.2H/c1-3-5(2)4-6;;;/h3H2,1-2H3;;;. The Morgan fingerprint density at radius 3 is 2.29 bits per heavy atom. The third kappa shape index (κ3) is 3.00. The van der Waals surface area contributed by atoms with Crippen molar-refractivity contribution in [1.29, 1.82) is 5.26 Å². The molecule has 0 fully saturated rings. The summed E-state index contributed by atoms with van der Waals surface area (Å²) in [5.74, 6) is 0. The molecule has 0 spiro atoms. The summed E-state index contributed by atoms with van der Waals surface area (Å²) in [6, 6.07) is 2.27. The molecular weight excluding hydrogens is 283 g/mol. The predicted molar refractivity (Wildman–Crippen MR) is 32.8 cm³/mol. The minimum absolute atomic E-state index is 0.0556. The Labute approximate surface area is 59.6 Å². The average Bonchev–Trinajstić information content (AvgIpc) is 1.68. The van der Waals surface area contributed by atoms with Crippen LogP contribution in [0.25, 0.3) is 0 Å². The molecule has 0 rings (SSSR count). The van der Waals surface area contributed by atoms with Crippen LogP contribution in [-0.4, -0.2) is 24.7 Å². The molecule has 0 aliphatic carbocycles. The fourth-order valence-electron chi connectivity index (χ4n) is 0.0791. The van der Waals surface area contributed by atoms with Gasteiger partial charge in [0.1, 0.15) is 0 Å². The number of hydrogen-bond donors (Lipinski definition) is 0. The summed E-state index contributed by atoms with van der Waals surface area (Å²) in [7, 11) is 0. The van der Waals surface area contributed by atoms with E-state index in [1.54, 1.807) is 0 Å². The Bertz CT molecular complexity index is 90.7. The van der Waals surface area contributed by atoms with Crippen molar-refractivity contribution in [2.75, 3.05) is 0 Å². The van der Waals surface area contributed by atoms with Gasteiger partial charge in [0.05, 0.1) is 0 Å². The first-order chi connectivity index (χ1) is 3.12. The van der Waals surface area contributed by atoms with Gasteiger partial charge in [-0.25, -0.2) is 0 Å². The molecule has 1 nitrogen and oxygen atoms in total. The molecule has 0 saturated carbocycles. The van der Waals surface area contributed by atoms with E-state index in [4.69, 9.17) is 5.26 Å². The second-order valence-electron chi connectivity index (χ2n) is 1.88. The van der Waals surface area contributed by atoms with Crippen molar-refractivity contribution >= 4 is 24.7 Å². The summed E-state index contributed by atoms with van der Waals surface area (Å²) in [4.78, 5) is 0. The quantitative estimate of drug-likeness (QED) is 0.654. The molecule has 0 aromatic heterocycles. The van der Waals surface area contributed by atoms with Crippen molar-refractivity contribution in [3.05, 3.63) is 0 Å². The molecule has 0 amide bonds. The maximum atomic E-state index is 8.39. The molecule has 0 saturated heterocycles. The summed E-state index contributed by atoms with van der Waals surface area (Å²) in [5.41, 5.74) is 0. The van der Waals surface area contributed by atoms with Crippen LogP contribution in [0.4, 0.5) is 0 Å². The molecule has 1 unspecified atom stereocenters. The number of hydrogen-bond acceptors (Lipinski definition) is 1. The van der Waals surface area contributed by atoms with E-state index in [1.165, 1.54) is 0 Å². The molecule has 0 aliphatic rings. The van der Waals surface area contributed by atoms with Crippen LogP contribution in [0.1, 0.15) is 20.3 Å². The zero-order valence-corrected chi connectivity index (χ0v) is 9.22. The Hall–Kier alpha value is 0.373. The van der Waals surface area contributed by atoms with Crippen molar-refractivity contribution in [2.45, 2.75) is 23.4 Å². The van der Waals surface area contributed by atoms with Crippen LogP contribution in [0.5, 0.6) is 0 Å². The van der Waals surface area contributed by atoms with Crippen molar-refractivity contribution < 1.29 is 0 Å². The zero-order valence-electron chi connectivity index (χ0n) is 4.73. The minimum atomic E-state index is 0.0556. The third-order valence-corrected chi connectivity index (χ3v) is 3.08. The molecular formula is C5H10BiN. The maximum absolute atomic E-state index is 8.39. The Morgan fingerprint density at radius 1 is 1.86 bits per heavy atom. The van der Waals surface area contributed by atoms with Gasteiger partial charge in [0.15, 0.2) is 0 Å². The average molecular weight is 293 g/mol. The van der Waals surface area contributed by atoms with Crippen LogP contribution in [-0.2, 0) is 0 Å². The fourth-order valence-corrected chi connectivity index (χ4v) is 0.0791. The first-order valence-electron chi connectivity index (χ1n) is 2.32. The van der Waals surface area contributed by atoms with Gasteiger partial charge in [0.25, 0.3) is 0 Å². The van der Waals surface area contributed by atoms with Crippen LogP contribution in [0.3, 0.4) is 0 Å². The van der Waals surface area contributed by atoms with E-state index in [1.807, 2.05) is 6.92 Å². The molecule has 0 bridgehead atoms. The Balaban J connectivity index is 3.66. The molecule has 0 aliphatic heterocycles. The number of nitrogens with zero attached hydrogens (tertiary/aromatic N) is 1. The molecule has 1 atom stereocenters. The van der Waals surface area contributed by atoms with E-state index in [-0.39, 0.29) is 3.12 Å². The molecule has 0 radical (unpaired) electrons. The normalized spacial score (nSPS) is 17.4. The van der Waals surface area contributed by atoms with Gasteiger partial charge in [-0.15, -0.1) is 0 Å². The first kappa shape index (κ1) is 7.37. The predicted octanol–water partition coefficient (Wildman–Crippen LogP) is 0.732. The zero-order chi connectivity index (χ0) is 5.91. The van der Waals surface area contributed by atoms with Crippen molar-refractivity contribution in [1.82, 2.24) is 0 Å². The summed E-state index contributed by atoms with van der Waals surface area (Å²) in [6.07, 6.45) is 1.01. The van der Waals surface area contributed by atoms with Crippen LogP contribution in [0, 0.1) is 11.3 Å². The van der Waals surface area contributed by atoms with E-state index < -0.39 is 0 Å². The summed E-state index contributed by atoms with van der Waals surface area (Å²) in [5, 5.41) is 8.39. The van der Waals surface area contributed by atoms with Crippen molar-refractivity contribution in [3.63, 3.8) is 0 Å². The molecule has 0 N–H and O–H groups in total. The molecule has 40 valence electrons. The summed E-state index contributed by atoms with van der Waals surface area (Å²) < 4.78 is 0.0556. The van der Waals surface area contributed by atoms with Gasteiger partial charge in [0.2, 0.25) is 0 Å². The fraction of sp³-hybridized carbons (Fsp3) is 0.800. The van der Waals surface area contributed by atoms with Crippen LogP contribution >= 0.6 is 0 Å². The van der Waals surface area contributed by atoms with Gasteiger partial charge >= 0.3 is 59.4 Å². The SMILES string of the molecule is CC[C](C)([BiH2])C#N. The monoisotopic (exact) mass is 293 g/mol. The van der Waals surface area contributed by atoms with Gasteiger partial charge in [0, 0.05) is 0 Å².